The predicted octanol–water partition coefficient (Wildman–Crippen LogP) is 2.97. The Morgan fingerprint density at radius 1 is 1.67 bits per heavy atom. The van der Waals surface area contributed by atoms with E-state index in [0.29, 0.717) is 6.42 Å². The molecule has 1 unspecified atom stereocenters. The van der Waals surface area contributed by atoms with Gasteiger partial charge in [-0.05, 0) is 31.9 Å². The van der Waals surface area contributed by atoms with Gasteiger partial charge in [0.15, 0.2) is 0 Å². The van der Waals surface area contributed by atoms with Crippen LogP contribution in [0.2, 0.25) is 0 Å². The first kappa shape index (κ1) is 9.49. The molecule has 0 aliphatic heterocycles. The molecule has 1 rings (SSSR count). The first-order valence-electron chi connectivity index (χ1n) is 4.01. The minimum Gasteiger partial charge on any atom is -0.387 e. The lowest BCUT2D eigenvalue weighted by molar-refractivity contribution is 0.185. The predicted molar refractivity (Wildman–Crippen MR) is 53.6 cm³/mol. The van der Waals surface area contributed by atoms with Crippen LogP contribution in [-0.2, 0) is 0 Å². The minimum atomic E-state index is -0.361. The van der Waals surface area contributed by atoms with E-state index in [1.165, 1.54) is 10.4 Å². The third kappa shape index (κ3) is 1.96. The molecule has 0 fully saturated rings. The molecule has 0 aliphatic carbocycles. The van der Waals surface area contributed by atoms with Crippen molar-refractivity contribution in [3.05, 3.63) is 34.0 Å². The number of aliphatic hydroxyl groups excluding tert-OH is 1. The fourth-order valence-electron chi connectivity index (χ4n) is 1.04. The van der Waals surface area contributed by atoms with Gasteiger partial charge in [0.2, 0.25) is 0 Å². The van der Waals surface area contributed by atoms with Crippen LogP contribution in [0, 0.1) is 13.8 Å². The third-order valence-electron chi connectivity index (χ3n) is 1.90. The summed E-state index contributed by atoms with van der Waals surface area (Å²) in [6, 6.07) is 2.05. The molecule has 12 heavy (non-hydrogen) atoms. The van der Waals surface area contributed by atoms with Crippen molar-refractivity contribution in [2.24, 2.45) is 0 Å². The summed E-state index contributed by atoms with van der Waals surface area (Å²) in [5.41, 5.74) is 1.26. The second-order valence-electron chi connectivity index (χ2n) is 2.93. The van der Waals surface area contributed by atoms with Crippen LogP contribution in [0.25, 0.3) is 0 Å². The van der Waals surface area contributed by atoms with Crippen LogP contribution in [0.5, 0.6) is 0 Å². The Morgan fingerprint density at radius 2 is 2.33 bits per heavy atom. The Bertz CT molecular complexity index is 256. The number of thiophene rings is 1. The fraction of sp³-hybridized carbons (Fsp3) is 0.400. The molecule has 0 radical (unpaired) electrons. The van der Waals surface area contributed by atoms with Crippen molar-refractivity contribution >= 4 is 11.3 Å². The van der Waals surface area contributed by atoms with Gasteiger partial charge < -0.3 is 5.11 Å². The Kier molecular flexibility index (Phi) is 3.06. The highest BCUT2D eigenvalue weighted by Gasteiger charge is 2.09. The molecule has 2 heteroatoms. The summed E-state index contributed by atoms with van der Waals surface area (Å²) in [6.07, 6.45) is 2.02. The third-order valence-corrected chi connectivity index (χ3v) is 3.16. The zero-order valence-corrected chi connectivity index (χ0v) is 8.32. The molecule has 1 atom stereocenters. The molecule has 0 saturated heterocycles. The SMILES string of the molecule is C=CCC(O)c1cc(C)c(C)s1. The summed E-state index contributed by atoms with van der Waals surface area (Å²) in [6.45, 7) is 7.74. The van der Waals surface area contributed by atoms with Crippen LogP contribution in [0.1, 0.15) is 27.8 Å². The zero-order chi connectivity index (χ0) is 9.14. The van der Waals surface area contributed by atoms with E-state index < -0.39 is 0 Å². The molecule has 1 N–H and O–H groups in total. The van der Waals surface area contributed by atoms with Crippen molar-refractivity contribution in [2.45, 2.75) is 26.4 Å². The van der Waals surface area contributed by atoms with Crippen molar-refractivity contribution in [2.75, 3.05) is 0 Å². The number of hydrogen-bond acceptors (Lipinski definition) is 2. The molecule has 1 heterocycles. The van der Waals surface area contributed by atoms with E-state index in [2.05, 4.69) is 20.4 Å². The molecule has 1 nitrogen and oxygen atoms in total. The molecule has 0 bridgehead atoms. The number of aryl methyl sites for hydroxylation is 2. The van der Waals surface area contributed by atoms with Crippen LogP contribution < -0.4 is 0 Å². The van der Waals surface area contributed by atoms with Gasteiger partial charge in [0.05, 0.1) is 6.10 Å². The lowest BCUT2D eigenvalue weighted by atomic mass is 10.2. The summed E-state index contributed by atoms with van der Waals surface area (Å²) >= 11 is 1.66. The Hall–Kier alpha value is -0.600. The van der Waals surface area contributed by atoms with E-state index >= 15 is 0 Å². The quantitative estimate of drug-likeness (QED) is 0.712. The van der Waals surface area contributed by atoms with Crippen LogP contribution in [-0.4, -0.2) is 5.11 Å². The van der Waals surface area contributed by atoms with Gasteiger partial charge in [0.25, 0.3) is 0 Å². The first-order valence-corrected chi connectivity index (χ1v) is 4.82. The maximum Gasteiger partial charge on any atom is 0.0916 e. The van der Waals surface area contributed by atoms with E-state index in [4.69, 9.17) is 0 Å². The van der Waals surface area contributed by atoms with Crippen molar-refractivity contribution in [1.82, 2.24) is 0 Å². The molecule has 66 valence electrons. The van der Waals surface area contributed by atoms with E-state index in [-0.39, 0.29) is 6.10 Å². The molecule has 0 spiro atoms. The van der Waals surface area contributed by atoms with Gasteiger partial charge >= 0.3 is 0 Å². The first-order chi connectivity index (χ1) is 5.65. The van der Waals surface area contributed by atoms with Crippen molar-refractivity contribution in [1.29, 1.82) is 0 Å². The molecule has 1 aromatic heterocycles. The van der Waals surface area contributed by atoms with E-state index in [1.54, 1.807) is 17.4 Å². The number of rotatable bonds is 3. The lowest BCUT2D eigenvalue weighted by Gasteiger charge is -2.02. The average molecular weight is 182 g/mol. The second-order valence-corrected chi connectivity index (χ2v) is 4.22. The van der Waals surface area contributed by atoms with Crippen LogP contribution in [0.4, 0.5) is 0 Å². The average Bonchev–Trinajstić information content (AvgIpc) is 2.33. The van der Waals surface area contributed by atoms with Gasteiger partial charge in [0, 0.05) is 9.75 Å². The van der Waals surface area contributed by atoms with Crippen molar-refractivity contribution < 1.29 is 5.11 Å². The highest BCUT2D eigenvalue weighted by atomic mass is 32.1. The van der Waals surface area contributed by atoms with Crippen LogP contribution in [0.15, 0.2) is 18.7 Å². The second kappa shape index (κ2) is 3.87. The Morgan fingerprint density at radius 3 is 2.75 bits per heavy atom. The maximum absolute atomic E-state index is 9.60. The van der Waals surface area contributed by atoms with Crippen molar-refractivity contribution in [3.8, 4) is 0 Å². The molecule has 0 saturated carbocycles. The molecular formula is C10H14OS. The van der Waals surface area contributed by atoms with E-state index in [1.807, 2.05) is 6.07 Å². The van der Waals surface area contributed by atoms with Gasteiger partial charge in [-0.25, -0.2) is 0 Å². The molecule has 1 aromatic rings. The van der Waals surface area contributed by atoms with E-state index in [0.717, 1.165) is 4.88 Å². The summed E-state index contributed by atoms with van der Waals surface area (Å²) in [5, 5.41) is 9.60. The minimum absolute atomic E-state index is 0.361. The van der Waals surface area contributed by atoms with Gasteiger partial charge in [-0.15, -0.1) is 17.9 Å². The summed E-state index contributed by atoms with van der Waals surface area (Å²) in [7, 11) is 0. The Labute approximate surface area is 77.4 Å². The van der Waals surface area contributed by atoms with Crippen molar-refractivity contribution in [3.63, 3.8) is 0 Å². The summed E-state index contributed by atoms with van der Waals surface area (Å²) < 4.78 is 0. The fourth-order valence-corrected chi connectivity index (χ4v) is 2.08. The molecule has 0 amide bonds. The molecule has 0 aromatic carbocycles. The summed E-state index contributed by atoms with van der Waals surface area (Å²) in [5.74, 6) is 0. The van der Waals surface area contributed by atoms with Gasteiger partial charge in [-0.1, -0.05) is 6.08 Å². The summed E-state index contributed by atoms with van der Waals surface area (Å²) in [4.78, 5) is 2.33. The monoisotopic (exact) mass is 182 g/mol. The van der Waals surface area contributed by atoms with Gasteiger partial charge in [0.1, 0.15) is 0 Å². The lowest BCUT2D eigenvalue weighted by Crippen LogP contribution is -1.90. The topological polar surface area (TPSA) is 20.2 Å². The normalized spacial score (nSPS) is 12.9. The number of hydrogen-bond donors (Lipinski definition) is 1. The zero-order valence-electron chi connectivity index (χ0n) is 7.50. The Balaban J connectivity index is 2.80. The van der Waals surface area contributed by atoms with Gasteiger partial charge in [-0.2, -0.15) is 0 Å². The largest absolute Gasteiger partial charge is 0.387 e. The smallest absolute Gasteiger partial charge is 0.0916 e. The molecular weight excluding hydrogens is 168 g/mol. The highest BCUT2D eigenvalue weighted by molar-refractivity contribution is 7.12. The maximum atomic E-state index is 9.60. The van der Waals surface area contributed by atoms with E-state index in [9.17, 15) is 5.11 Å². The standard InChI is InChI=1S/C10H14OS/c1-4-5-9(11)10-6-7(2)8(3)12-10/h4,6,9,11H,1,5H2,2-3H3. The van der Waals surface area contributed by atoms with Gasteiger partial charge in [-0.3, -0.25) is 0 Å². The van der Waals surface area contributed by atoms with Crippen LogP contribution in [0.3, 0.4) is 0 Å². The highest BCUT2D eigenvalue weighted by Crippen LogP contribution is 2.28. The molecule has 0 aliphatic rings. The number of aliphatic hydroxyl groups is 1. The van der Waals surface area contributed by atoms with Crippen LogP contribution >= 0.6 is 11.3 Å².